The Balaban J connectivity index is 0.000000433. The highest BCUT2D eigenvalue weighted by atomic mass is 16.5. The van der Waals surface area contributed by atoms with Crippen LogP contribution >= 0.6 is 0 Å². The lowest BCUT2D eigenvalue weighted by atomic mass is 9.99. The summed E-state index contributed by atoms with van der Waals surface area (Å²) in [6, 6.07) is 25.5. The number of piperazine rings is 1. The molecule has 272 valence electrons. The number of phenolic OH excluding ortho intramolecular Hbond substituents is 1. The lowest BCUT2D eigenvalue weighted by Gasteiger charge is -2.32. The molecule has 2 aliphatic rings. The maximum Gasteiger partial charge on any atom is 0.339 e. The number of benzene rings is 4. The van der Waals surface area contributed by atoms with Gasteiger partial charge in [-0.1, -0.05) is 36.4 Å². The summed E-state index contributed by atoms with van der Waals surface area (Å²) in [7, 11) is 5.21. The van der Waals surface area contributed by atoms with Crippen LogP contribution in [0.1, 0.15) is 31.8 Å². The zero-order valence-electron chi connectivity index (χ0n) is 28.9. The highest BCUT2D eigenvalue weighted by Crippen LogP contribution is 2.38. The molecule has 0 atom stereocenters. The zero-order valence-corrected chi connectivity index (χ0v) is 28.9. The molecule has 14 heteroatoms. The molecule has 4 aromatic rings. The number of aromatic carboxylic acids is 1. The lowest BCUT2D eigenvalue weighted by molar-refractivity contribution is -0.119. The maximum absolute atomic E-state index is 13.2. The molecule has 4 aromatic carbocycles. The number of amides is 2. The minimum atomic E-state index is -1.27. The summed E-state index contributed by atoms with van der Waals surface area (Å²) in [6.07, 6.45) is 0. The summed E-state index contributed by atoms with van der Waals surface area (Å²) in [6.45, 7) is 4.09. The highest BCUT2D eigenvalue weighted by Gasteiger charge is 2.29. The first-order chi connectivity index (χ1) is 24.4. The van der Waals surface area contributed by atoms with E-state index in [-0.39, 0.29) is 34.4 Å². The smallest absolute Gasteiger partial charge is 0.339 e. The number of fused-ring (bicyclic) bond motifs is 1. The second-order valence-corrected chi connectivity index (χ2v) is 12.0. The van der Waals surface area contributed by atoms with Crippen molar-refractivity contribution in [3.8, 4) is 11.5 Å². The fourth-order valence-corrected chi connectivity index (χ4v) is 5.61. The molecule has 0 radical (unpaired) electrons. The first-order valence-corrected chi connectivity index (χ1v) is 16.1. The molecule has 0 spiro atoms. The number of carboxylic acids is 1. The third-order valence-corrected chi connectivity index (χ3v) is 8.56. The van der Waals surface area contributed by atoms with Gasteiger partial charge in [0, 0.05) is 50.2 Å². The second-order valence-electron chi connectivity index (χ2n) is 12.0. The molecule has 0 aliphatic carbocycles. The van der Waals surface area contributed by atoms with E-state index in [4.69, 9.17) is 20.1 Å². The fourth-order valence-electron chi connectivity index (χ4n) is 5.61. The van der Waals surface area contributed by atoms with Gasteiger partial charge in [-0.15, -0.1) is 0 Å². The lowest BCUT2D eigenvalue weighted by Crippen LogP contribution is -2.48. The Morgan fingerprint density at radius 2 is 1.56 bits per heavy atom. The van der Waals surface area contributed by atoms with Gasteiger partial charge in [0.1, 0.15) is 17.1 Å². The number of nitrogens with one attached hydrogen (secondary N) is 2. The Morgan fingerprint density at radius 1 is 0.885 bits per heavy atom. The predicted molar refractivity (Wildman–Crippen MR) is 197 cm³/mol. The molecule has 0 saturated carbocycles. The number of hydrogen-bond donors (Lipinski definition) is 5. The Kier molecular flexibility index (Phi) is 12.7. The Labute approximate surface area is 300 Å². The minimum absolute atomic E-state index is 0. The molecule has 0 aromatic heterocycles. The van der Waals surface area contributed by atoms with Crippen LogP contribution in [0.15, 0.2) is 91.0 Å². The molecule has 0 unspecified atom stereocenters. The number of carboxylic acid groups (broad SMARTS) is 1. The van der Waals surface area contributed by atoms with Gasteiger partial charge in [0.25, 0.3) is 5.91 Å². The summed E-state index contributed by atoms with van der Waals surface area (Å²) in [5.41, 5.74) is 4.80. The molecule has 14 nitrogen and oxygen atoms in total. The molecule has 2 heterocycles. The van der Waals surface area contributed by atoms with Gasteiger partial charge in [0.2, 0.25) is 5.91 Å². The number of aromatic hydroxyl groups is 2. The van der Waals surface area contributed by atoms with Crippen LogP contribution in [-0.2, 0) is 14.3 Å². The summed E-state index contributed by atoms with van der Waals surface area (Å²) >= 11 is 0. The second kappa shape index (κ2) is 17.1. The van der Waals surface area contributed by atoms with E-state index in [9.17, 15) is 19.2 Å². The number of ether oxygens (including phenoxy) is 1. The van der Waals surface area contributed by atoms with E-state index < -0.39 is 11.9 Å². The maximum atomic E-state index is 13.2. The van der Waals surface area contributed by atoms with Crippen LogP contribution in [0.2, 0.25) is 0 Å². The van der Waals surface area contributed by atoms with Crippen molar-refractivity contribution < 1.29 is 44.7 Å². The van der Waals surface area contributed by atoms with E-state index >= 15 is 0 Å². The Bertz CT molecular complexity index is 1960. The molecule has 6 rings (SSSR count). The van der Waals surface area contributed by atoms with Gasteiger partial charge in [-0.2, -0.15) is 0 Å². The van der Waals surface area contributed by atoms with Gasteiger partial charge in [0.15, 0.2) is 0 Å². The van der Waals surface area contributed by atoms with Crippen LogP contribution in [-0.4, -0.2) is 108 Å². The number of nitrogens with zero attached hydrogens (tertiary/aromatic N) is 3. The summed E-state index contributed by atoms with van der Waals surface area (Å²) in [5, 5.41) is 32.5. The zero-order chi connectivity index (χ0) is 36.7. The van der Waals surface area contributed by atoms with Crippen molar-refractivity contribution in [1.29, 1.82) is 0 Å². The van der Waals surface area contributed by atoms with E-state index in [0.29, 0.717) is 34.6 Å². The van der Waals surface area contributed by atoms with Crippen LogP contribution in [0.5, 0.6) is 11.5 Å². The number of likely N-dealkylation sites (N-methyl/N-ethyl adjacent to an activating group) is 2. The molecule has 1 fully saturated rings. The van der Waals surface area contributed by atoms with Gasteiger partial charge in [-0.05, 0) is 67.2 Å². The largest absolute Gasteiger partial charge is 0.508 e. The van der Waals surface area contributed by atoms with E-state index in [1.807, 2.05) is 54.6 Å². The summed E-state index contributed by atoms with van der Waals surface area (Å²) in [5.74, 6) is -2.49. The standard InChI is InChI=1S/C31H33N5O4.C7H6O4.H2O/c1-34-15-17-36(18-16-34)20-27(37)35(2)24-12-10-23(11-13-24)32-29(21-7-5-4-6-8-21)28-25-14-9-22(31(39)40-3)19-26(25)33-30(28)38;8-4-1-2-6(9)5(3-4)7(10)11;/h4-14,19,32H,15-18,20H2,1-3H3,(H,33,38);1-3,8-9H,(H,10,11);1H2/b29-28-;;. The normalized spacial score (nSPS) is 14.8. The van der Waals surface area contributed by atoms with Crippen molar-refractivity contribution in [3.63, 3.8) is 0 Å². The number of carbonyl (C=O) groups is 4. The van der Waals surface area contributed by atoms with Crippen LogP contribution in [0, 0.1) is 0 Å². The molecule has 2 amide bonds. The van der Waals surface area contributed by atoms with Crippen molar-refractivity contribution in [3.05, 3.63) is 113 Å². The van der Waals surface area contributed by atoms with E-state index in [1.165, 1.54) is 13.2 Å². The number of anilines is 3. The number of rotatable bonds is 8. The molecule has 2 aliphatic heterocycles. The Hall–Kier alpha value is -6.22. The average Bonchev–Trinajstić information content (AvgIpc) is 3.47. The van der Waals surface area contributed by atoms with Gasteiger partial charge in [-0.25, -0.2) is 9.59 Å². The van der Waals surface area contributed by atoms with Gasteiger partial charge < -0.3 is 46.0 Å². The molecule has 1 saturated heterocycles. The molecule has 7 N–H and O–H groups in total. The van der Waals surface area contributed by atoms with Crippen molar-refractivity contribution in [2.24, 2.45) is 0 Å². The van der Waals surface area contributed by atoms with Crippen LogP contribution in [0.3, 0.4) is 0 Å². The molecular formula is C38H41N5O9. The van der Waals surface area contributed by atoms with Crippen molar-refractivity contribution in [2.45, 2.75) is 0 Å². The first kappa shape index (κ1) is 38.6. The monoisotopic (exact) mass is 711 g/mol. The molecule has 52 heavy (non-hydrogen) atoms. The average molecular weight is 712 g/mol. The summed E-state index contributed by atoms with van der Waals surface area (Å²) < 4.78 is 4.82. The molecular weight excluding hydrogens is 670 g/mol. The Morgan fingerprint density at radius 3 is 2.17 bits per heavy atom. The summed E-state index contributed by atoms with van der Waals surface area (Å²) in [4.78, 5) is 54.6. The number of methoxy groups -OCH3 is 1. The predicted octanol–water partition coefficient (Wildman–Crippen LogP) is 3.59. The van der Waals surface area contributed by atoms with Crippen LogP contribution < -0.4 is 15.5 Å². The van der Waals surface area contributed by atoms with E-state index in [0.717, 1.165) is 55.2 Å². The number of esters is 1. The topological polar surface area (TPSA) is 203 Å². The molecule has 0 bridgehead atoms. The fraction of sp³-hybridized carbons (Fsp3) is 0.211. The van der Waals surface area contributed by atoms with Crippen molar-refractivity contribution in [2.75, 3.05) is 69.5 Å². The third-order valence-electron chi connectivity index (χ3n) is 8.56. The van der Waals surface area contributed by atoms with Crippen LogP contribution in [0.25, 0.3) is 11.3 Å². The van der Waals surface area contributed by atoms with Gasteiger partial charge >= 0.3 is 11.9 Å². The number of carbonyl (C=O) groups excluding carboxylic acids is 3. The van der Waals surface area contributed by atoms with Gasteiger partial charge in [0.05, 0.1) is 36.2 Å². The first-order valence-electron chi connectivity index (χ1n) is 16.1. The van der Waals surface area contributed by atoms with Gasteiger partial charge in [-0.3, -0.25) is 14.5 Å². The van der Waals surface area contributed by atoms with E-state index in [2.05, 4.69) is 27.5 Å². The SMILES string of the molecule is COC(=O)c1ccc2c(c1)NC(=O)/C2=C(\Nc1ccc(N(C)C(=O)CN2CCN(C)CC2)cc1)c1ccccc1.O.O=C(O)c1cc(O)ccc1O. The number of phenols is 2. The highest BCUT2D eigenvalue weighted by molar-refractivity contribution is 6.37. The van der Waals surface area contributed by atoms with Crippen LogP contribution in [0.4, 0.5) is 17.1 Å². The van der Waals surface area contributed by atoms with E-state index in [1.54, 1.807) is 30.1 Å². The number of hydrogen-bond acceptors (Lipinski definition) is 10. The van der Waals surface area contributed by atoms with Crippen molar-refractivity contribution in [1.82, 2.24) is 9.80 Å². The third kappa shape index (κ3) is 9.11. The quantitative estimate of drug-likeness (QED) is 0.102. The minimum Gasteiger partial charge on any atom is -0.508 e. The van der Waals surface area contributed by atoms with Crippen molar-refractivity contribution >= 4 is 52.1 Å².